The van der Waals surface area contributed by atoms with Crippen molar-refractivity contribution in [3.8, 4) is 0 Å². The zero-order valence-corrected chi connectivity index (χ0v) is 53.6. The number of carboxylic acid groups (broad SMARTS) is 1. The van der Waals surface area contributed by atoms with E-state index in [9.17, 15) is 19.5 Å². The second-order valence-corrected chi connectivity index (χ2v) is 25.2. The molecule has 0 aromatic carbocycles. The number of hydrogen-bond acceptors (Lipinski definition) is 7. The van der Waals surface area contributed by atoms with Crippen molar-refractivity contribution in [1.82, 2.24) is 0 Å². The summed E-state index contributed by atoms with van der Waals surface area (Å²) in [5.41, 5.74) is 0. The lowest BCUT2D eigenvalue weighted by Crippen LogP contribution is -2.40. The van der Waals surface area contributed by atoms with Crippen molar-refractivity contribution in [3.05, 3.63) is 12.2 Å². The van der Waals surface area contributed by atoms with Crippen molar-refractivity contribution in [1.29, 1.82) is 0 Å². The fourth-order valence-corrected chi connectivity index (χ4v) is 10.7. The van der Waals surface area contributed by atoms with Crippen LogP contribution >= 0.6 is 0 Å². The Balaban J connectivity index is 4.01. The Labute approximate surface area is 491 Å². The molecule has 0 aliphatic heterocycles. The molecule has 468 valence electrons. The molecule has 0 aliphatic carbocycles. The van der Waals surface area contributed by atoms with Crippen molar-refractivity contribution in [3.63, 3.8) is 0 Å². The third kappa shape index (κ3) is 63.5. The molecule has 9 nitrogen and oxygen atoms in total. The fraction of sp³-hybridized carbons (Fsp3) is 0.929. The van der Waals surface area contributed by atoms with Gasteiger partial charge >= 0.3 is 17.9 Å². The summed E-state index contributed by atoms with van der Waals surface area (Å²) < 4.78 is 23.0. The van der Waals surface area contributed by atoms with Gasteiger partial charge in [-0.25, -0.2) is 4.79 Å². The number of aliphatic carboxylic acids is 1. The van der Waals surface area contributed by atoms with Crippen LogP contribution in [0.5, 0.6) is 0 Å². The highest BCUT2D eigenvalue weighted by Crippen LogP contribution is 2.19. The van der Waals surface area contributed by atoms with Gasteiger partial charge in [0.05, 0.1) is 34.4 Å². The molecule has 79 heavy (non-hydrogen) atoms. The number of allylic oxidation sites excluding steroid dienone is 2. The predicted octanol–water partition coefficient (Wildman–Crippen LogP) is 21.3. The molecule has 0 heterocycles. The number of rotatable bonds is 66. The maximum atomic E-state index is 12.9. The van der Waals surface area contributed by atoms with Gasteiger partial charge in [0.25, 0.3) is 6.29 Å². The third-order valence-corrected chi connectivity index (χ3v) is 16.0. The highest BCUT2D eigenvalue weighted by molar-refractivity contribution is 5.71. The average Bonchev–Trinajstić information content (AvgIpc) is 3.42. The van der Waals surface area contributed by atoms with E-state index in [1.54, 1.807) is 0 Å². The van der Waals surface area contributed by atoms with Gasteiger partial charge in [-0.15, -0.1) is 0 Å². The number of quaternary nitrogens is 1. The molecule has 0 radical (unpaired) electrons. The summed E-state index contributed by atoms with van der Waals surface area (Å²) in [6.07, 6.45) is 71.9. The molecular formula is C70H136NO8+. The van der Waals surface area contributed by atoms with E-state index in [2.05, 4.69) is 26.0 Å². The van der Waals surface area contributed by atoms with Crippen LogP contribution in [-0.4, -0.2) is 87.4 Å². The average molecular weight is 1120 g/mol. The number of carboxylic acids is 1. The molecule has 0 amide bonds. The van der Waals surface area contributed by atoms with Gasteiger partial charge in [-0.05, 0) is 38.5 Å². The summed E-state index contributed by atoms with van der Waals surface area (Å²) in [5, 5.41) is 9.73. The molecule has 2 unspecified atom stereocenters. The molecule has 9 heteroatoms. The zero-order chi connectivity index (χ0) is 57.6. The molecular weight excluding hydrogens is 983 g/mol. The lowest BCUT2D eigenvalue weighted by atomic mass is 10.0. The number of esters is 2. The van der Waals surface area contributed by atoms with E-state index in [-0.39, 0.29) is 38.2 Å². The molecule has 0 rings (SSSR count). The first-order valence-corrected chi connectivity index (χ1v) is 34.9. The van der Waals surface area contributed by atoms with Crippen LogP contribution in [0.2, 0.25) is 0 Å². The minimum absolute atomic E-state index is 0.176. The smallest absolute Gasteiger partial charge is 0.361 e. The lowest BCUT2D eigenvalue weighted by molar-refractivity contribution is -0.870. The zero-order valence-electron chi connectivity index (χ0n) is 53.6. The first-order valence-electron chi connectivity index (χ1n) is 34.9. The lowest BCUT2D eigenvalue weighted by Gasteiger charge is -2.25. The number of unbranched alkanes of at least 4 members (excludes halogenated alkanes) is 49. The van der Waals surface area contributed by atoms with Gasteiger partial charge in [-0.1, -0.05) is 321 Å². The number of carbonyl (C=O) groups is 3. The van der Waals surface area contributed by atoms with Crippen LogP contribution in [0.25, 0.3) is 0 Å². The topological polar surface area (TPSA) is 108 Å². The number of nitrogens with zero attached hydrogens (tertiary/aromatic N) is 1. The molecule has 0 fully saturated rings. The van der Waals surface area contributed by atoms with Crippen molar-refractivity contribution < 1.29 is 42.9 Å². The highest BCUT2D eigenvalue weighted by atomic mass is 16.7. The van der Waals surface area contributed by atoms with Crippen LogP contribution in [0.4, 0.5) is 0 Å². The van der Waals surface area contributed by atoms with Crippen molar-refractivity contribution >= 4 is 17.9 Å². The Kier molecular flexibility index (Phi) is 60.5. The molecule has 0 saturated heterocycles. The van der Waals surface area contributed by atoms with Gasteiger partial charge < -0.3 is 28.5 Å². The van der Waals surface area contributed by atoms with Crippen LogP contribution in [-0.2, 0) is 33.3 Å². The van der Waals surface area contributed by atoms with Crippen LogP contribution in [0, 0.1) is 0 Å². The maximum Gasteiger partial charge on any atom is 0.361 e. The first-order chi connectivity index (χ1) is 38.6. The standard InChI is InChI=1S/C70H135NO8/c1-6-8-10-12-14-16-18-20-22-24-26-28-29-30-31-32-33-34-35-36-37-38-39-41-42-44-46-48-50-52-54-56-58-60-67(72)77-64-66(65-78-70(69(74)75)76-63-62-71(3,4)5)79-68(73)61-59-57-55-53-51-49-47-45-43-40-27-25-23-21-19-17-15-13-11-9-7-2/h25,27,66,70H,6-24,26,28-65H2,1-5H3/p+1/b27-25-. The number of hydrogen-bond donors (Lipinski definition) is 1. The Hall–Kier alpha value is -1.97. The summed E-state index contributed by atoms with van der Waals surface area (Å²) in [6.45, 7) is 4.95. The molecule has 2 atom stereocenters. The summed E-state index contributed by atoms with van der Waals surface area (Å²) in [4.78, 5) is 37.6. The monoisotopic (exact) mass is 1120 g/mol. The molecule has 0 aliphatic rings. The largest absolute Gasteiger partial charge is 0.477 e. The molecule has 0 saturated carbocycles. The second kappa shape index (κ2) is 62.1. The van der Waals surface area contributed by atoms with Crippen molar-refractivity contribution in [2.45, 2.75) is 373 Å². The summed E-state index contributed by atoms with van der Waals surface area (Å²) in [6, 6.07) is 0. The van der Waals surface area contributed by atoms with E-state index in [1.807, 2.05) is 21.1 Å². The fourth-order valence-electron chi connectivity index (χ4n) is 10.7. The number of likely N-dealkylation sites (N-methyl/N-ethyl adjacent to an activating group) is 1. The van der Waals surface area contributed by atoms with Crippen LogP contribution < -0.4 is 0 Å². The normalized spacial score (nSPS) is 12.7. The van der Waals surface area contributed by atoms with Crippen LogP contribution in [0.15, 0.2) is 12.2 Å². The van der Waals surface area contributed by atoms with E-state index in [4.69, 9.17) is 18.9 Å². The van der Waals surface area contributed by atoms with E-state index in [0.29, 0.717) is 17.4 Å². The minimum atomic E-state index is -1.51. The predicted molar refractivity (Wildman–Crippen MR) is 337 cm³/mol. The molecule has 0 aromatic heterocycles. The summed E-state index contributed by atoms with van der Waals surface area (Å²) in [7, 11) is 5.99. The van der Waals surface area contributed by atoms with Gasteiger partial charge in [0.1, 0.15) is 13.2 Å². The van der Waals surface area contributed by atoms with E-state index in [1.165, 1.54) is 295 Å². The molecule has 1 N–H and O–H groups in total. The van der Waals surface area contributed by atoms with Crippen molar-refractivity contribution in [2.24, 2.45) is 0 Å². The molecule has 0 bridgehead atoms. The van der Waals surface area contributed by atoms with Crippen LogP contribution in [0.1, 0.15) is 361 Å². The quantitative estimate of drug-likeness (QED) is 0.0211. The van der Waals surface area contributed by atoms with Crippen molar-refractivity contribution in [2.75, 3.05) is 47.5 Å². The second-order valence-electron chi connectivity index (χ2n) is 25.2. The Morgan fingerprint density at radius 2 is 0.646 bits per heavy atom. The van der Waals surface area contributed by atoms with E-state index in [0.717, 1.165) is 38.5 Å². The highest BCUT2D eigenvalue weighted by Gasteiger charge is 2.25. The maximum absolute atomic E-state index is 12.9. The minimum Gasteiger partial charge on any atom is -0.477 e. The van der Waals surface area contributed by atoms with Crippen LogP contribution in [0.3, 0.4) is 0 Å². The Morgan fingerprint density at radius 1 is 0.367 bits per heavy atom. The summed E-state index contributed by atoms with van der Waals surface area (Å²) >= 11 is 0. The van der Waals surface area contributed by atoms with Gasteiger partial charge in [-0.3, -0.25) is 9.59 Å². The van der Waals surface area contributed by atoms with E-state index < -0.39 is 18.4 Å². The third-order valence-electron chi connectivity index (χ3n) is 16.0. The Morgan fingerprint density at radius 3 is 0.937 bits per heavy atom. The molecule has 0 aromatic rings. The SMILES string of the molecule is CCCCCCCCCC/C=C\CCCCCCCCCCCC(=O)OC(COC(=O)CCCCCCCCCCCCCCCCCCCCCCCCCCCCCCCCCCC)COC(OCC[N+](C)(C)C)C(=O)O. The van der Waals surface area contributed by atoms with Gasteiger partial charge in [-0.2, -0.15) is 0 Å². The van der Waals surface area contributed by atoms with E-state index >= 15 is 0 Å². The van der Waals surface area contributed by atoms with Gasteiger partial charge in [0.2, 0.25) is 0 Å². The summed E-state index contributed by atoms with van der Waals surface area (Å²) in [5.74, 6) is -1.98. The molecule has 0 spiro atoms. The van der Waals surface area contributed by atoms with Gasteiger partial charge in [0.15, 0.2) is 6.10 Å². The number of carbonyl (C=O) groups excluding carboxylic acids is 2. The van der Waals surface area contributed by atoms with Gasteiger partial charge in [0, 0.05) is 12.8 Å². The number of ether oxygens (including phenoxy) is 4. The first kappa shape index (κ1) is 77.0. The Bertz CT molecular complexity index is 1300.